The number of halogens is 1. The SMILES string of the molecule is CCC(=O)NC(=S)NNC(=O)c1ccc(Cl)cc1. The van der Waals surface area contributed by atoms with Gasteiger partial charge in [-0.25, -0.2) is 0 Å². The molecule has 0 heterocycles. The highest BCUT2D eigenvalue weighted by Gasteiger charge is 2.06. The summed E-state index contributed by atoms with van der Waals surface area (Å²) in [5.74, 6) is -0.604. The van der Waals surface area contributed by atoms with E-state index in [0.717, 1.165) is 0 Å². The zero-order chi connectivity index (χ0) is 13.5. The molecule has 3 N–H and O–H groups in total. The minimum Gasteiger partial charge on any atom is -0.302 e. The van der Waals surface area contributed by atoms with Crippen molar-refractivity contribution in [2.24, 2.45) is 0 Å². The second-order valence-corrected chi connectivity index (χ2v) is 4.16. The van der Waals surface area contributed by atoms with E-state index in [2.05, 4.69) is 16.2 Å². The summed E-state index contributed by atoms with van der Waals surface area (Å²) >= 11 is 10.5. The predicted octanol–water partition coefficient (Wildman–Crippen LogP) is 1.39. The van der Waals surface area contributed by atoms with E-state index in [0.29, 0.717) is 17.0 Å². The minimum absolute atomic E-state index is 0.0455. The first kappa shape index (κ1) is 14.4. The number of benzene rings is 1. The van der Waals surface area contributed by atoms with Gasteiger partial charge in [-0.3, -0.25) is 20.4 Å². The van der Waals surface area contributed by atoms with Crippen molar-refractivity contribution in [3.63, 3.8) is 0 Å². The molecule has 1 aromatic carbocycles. The molecule has 0 aromatic heterocycles. The third kappa shape index (κ3) is 4.68. The number of hydrogen-bond acceptors (Lipinski definition) is 3. The van der Waals surface area contributed by atoms with Crippen LogP contribution in [0.2, 0.25) is 5.02 Å². The molecule has 5 nitrogen and oxygen atoms in total. The number of carbonyl (C=O) groups is 2. The van der Waals surface area contributed by atoms with Gasteiger partial charge in [0.25, 0.3) is 5.91 Å². The Kier molecular flexibility index (Phi) is 5.54. The van der Waals surface area contributed by atoms with Gasteiger partial charge in [0.2, 0.25) is 5.91 Å². The molecule has 0 saturated carbocycles. The molecule has 0 unspecified atom stereocenters. The number of amides is 2. The lowest BCUT2D eigenvalue weighted by atomic mass is 10.2. The lowest BCUT2D eigenvalue weighted by Crippen LogP contribution is -2.48. The number of hydrogen-bond donors (Lipinski definition) is 3. The van der Waals surface area contributed by atoms with Crippen LogP contribution in [0, 0.1) is 0 Å². The van der Waals surface area contributed by atoms with E-state index in [9.17, 15) is 9.59 Å². The van der Waals surface area contributed by atoms with Gasteiger partial charge in [-0.15, -0.1) is 0 Å². The van der Waals surface area contributed by atoms with Crippen LogP contribution in [0.4, 0.5) is 0 Å². The minimum atomic E-state index is -0.375. The summed E-state index contributed by atoms with van der Waals surface area (Å²) in [6.45, 7) is 1.70. The Labute approximate surface area is 115 Å². The lowest BCUT2D eigenvalue weighted by Gasteiger charge is -2.10. The van der Waals surface area contributed by atoms with Crippen LogP contribution < -0.4 is 16.2 Å². The van der Waals surface area contributed by atoms with Crippen LogP contribution in [0.3, 0.4) is 0 Å². The third-order valence-electron chi connectivity index (χ3n) is 1.97. The normalized spacial score (nSPS) is 9.44. The Morgan fingerprint density at radius 2 is 1.83 bits per heavy atom. The molecule has 2 amide bonds. The van der Waals surface area contributed by atoms with Crippen LogP contribution in [-0.4, -0.2) is 16.9 Å². The van der Waals surface area contributed by atoms with Gasteiger partial charge in [0.1, 0.15) is 0 Å². The topological polar surface area (TPSA) is 70.2 Å². The van der Waals surface area contributed by atoms with Gasteiger partial charge in [0.15, 0.2) is 5.11 Å². The average Bonchev–Trinajstić information content (AvgIpc) is 2.36. The highest BCUT2D eigenvalue weighted by atomic mass is 35.5. The summed E-state index contributed by atoms with van der Waals surface area (Å²) in [7, 11) is 0. The molecular formula is C11H12ClN3O2S. The molecule has 0 bridgehead atoms. The number of rotatable bonds is 2. The largest absolute Gasteiger partial charge is 0.302 e. The fraction of sp³-hybridized carbons (Fsp3) is 0.182. The van der Waals surface area contributed by atoms with Crippen molar-refractivity contribution in [2.75, 3.05) is 0 Å². The zero-order valence-electron chi connectivity index (χ0n) is 9.62. The molecule has 0 atom stereocenters. The van der Waals surface area contributed by atoms with Gasteiger partial charge in [0, 0.05) is 17.0 Å². The molecule has 0 saturated heterocycles. The predicted molar refractivity (Wildman–Crippen MR) is 73.1 cm³/mol. The molecule has 18 heavy (non-hydrogen) atoms. The second kappa shape index (κ2) is 6.93. The van der Waals surface area contributed by atoms with E-state index in [-0.39, 0.29) is 16.9 Å². The van der Waals surface area contributed by atoms with E-state index < -0.39 is 0 Å². The van der Waals surface area contributed by atoms with Crippen LogP contribution in [0.5, 0.6) is 0 Å². The van der Waals surface area contributed by atoms with Gasteiger partial charge < -0.3 is 5.32 Å². The summed E-state index contributed by atoms with van der Waals surface area (Å²) in [5, 5.41) is 2.98. The summed E-state index contributed by atoms with van der Waals surface area (Å²) in [5.41, 5.74) is 5.21. The maximum Gasteiger partial charge on any atom is 0.269 e. The van der Waals surface area contributed by atoms with Crippen molar-refractivity contribution in [3.05, 3.63) is 34.9 Å². The molecule has 0 aliphatic heterocycles. The van der Waals surface area contributed by atoms with Crippen molar-refractivity contribution in [1.82, 2.24) is 16.2 Å². The van der Waals surface area contributed by atoms with Crippen LogP contribution in [0.15, 0.2) is 24.3 Å². The molecule has 0 spiro atoms. The summed E-state index contributed by atoms with van der Waals surface area (Å²) < 4.78 is 0. The first-order valence-electron chi connectivity index (χ1n) is 5.18. The van der Waals surface area contributed by atoms with Crippen molar-refractivity contribution in [3.8, 4) is 0 Å². The second-order valence-electron chi connectivity index (χ2n) is 3.32. The molecule has 1 rings (SSSR count). The average molecular weight is 286 g/mol. The highest BCUT2D eigenvalue weighted by Crippen LogP contribution is 2.08. The summed E-state index contributed by atoms with van der Waals surface area (Å²) in [6, 6.07) is 6.36. The van der Waals surface area contributed by atoms with E-state index >= 15 is 0 Å². The van der Waals surface area contributed by atoms with Crippen molar-refractivity contribution >= 4 is 40.7 Å². The highest BCUT2D eigenvalue weighted by molar-refractivity contribution is 7.80. The monoisotopic (exact) mass is 285 g/mol. The Hall–Kier alpha value is -1.66. The fourth-order valence-corrected chi connectivity index (χ4v) is 1.32. The smallest absolute Gasteiger partial charge is 0.269 e. The molecule has 1 aromatic rings. The van der Waals surface area contributed by atoms with Gasteiger partial charge >= 0.3 is 0 Å². The first-order valence-corrected chi connectivity index (χ1v) is 5.97. The molecule has 0 radical (unpaired) electrons. The number of hydrazine groups is 1. The number of thiocarbonyl (C=S) groups is 1. The molecule has 0 fully saturated rings. The lowest BCUT2D eigenvalue weighted by molar-refractivity contribution is -0.119. The number of carbonyl (C=O) groups excluding carboxylic acids is 2. The Morgan fingerprint density at radius 1 is 1.22 bits per heavy atom. The maximum atomic E-state index is 11.6. The van der Waals surface area contributed by atoms with Gasteiger partial charge in [-0.05, 0) is 36.5 Å². The van der Waals surface area contributed by atoms with Crippen LogP contribution in [0.1, 0.15) is 23.7 Å². The fourth-order valence-electron chi connectivity index (χ4n) is 1.03. The van der Waals surface area contributed by atoms with Gasteiger partial charge in [-0.2, -0.15) is 0 Å². The first-order chi connectivity index (χ1) is 8.52. The van der Waals surface area contributed by atoms with Crippen LogP contribution in [-0.2, 0) is 4.79 Å². The van der Waals surface area contributed by atoms with Crippen molar-refractivity contribution in [2.45, 2.75) is 13.3 Å². The quantitative estimate of drug-likeness (QED) is 0.567. The van der Waals surface area contributed by atoms with Crippen LogP contribution in [0.25, 0.3) is 0 Å². The molecule has 7 heteroatoms. The standard InChI is InChI=1S/C11H12ClN3O2S/c1-2-9(16)13-11(18)15-14-10(17)7-3-5-8(12)6-4-7/h3-6H,2H2,1H3,(H,14,17)(H2,13,15,16,18). The van der Waals surface area contributed by atoms with E-state index in [1.807, 2.05) is 0 Å². The summed E-state index contributed by atoms with van der Waals surface area (Å²) in [4.78, 5) is 22.6. The summed E-state index contributed by atoms with van der Waals surface area (Å²) in [6.07, 6.45) is 0.312. The van der Waals surface area contributed by atoms with Gasteiger partial charge in [-0.1, -0.05) is 18.5 Å². The van der Waals surface area contributed by atoms with Gasteiger partial charge in [0.05, 0.1) is 0 Å². The zero-order valence-corrected chi connectivity index (χ0v) is 11.2. The Morgan fingerprint density at radius 3 is 2.39 bits per heavy atom. The van der Waals surface area contributed by atoms with Crippen LogP contribution >= 0.6 is 23.8 Å². The molecule has 96 valence electrons. The molecular weight excluding hydrogens is 274 g/mol. The Balaban J connectivity index is 2.44. The number of nitrogens with one attached hydrogen (secondary N) is 3. The molecule has 0 aliphatic rings. The maximum absolute atomic E-state index is 11.6. The van der Waals surface area contributed by atoms with Crippen molar-refractivity contribution < 1.29 is 9.59 Å². The van der Waals surface area contributed by atoms with E-state index in [1.54, 1.807) is 31.2 Å². The van der Waals surface area contributed by atoms with E-state index in [1.165, 1.54) is 0 Å². The third-order valence-corrected chi connectivity index (χ3v) is 2.43. The van der Waals surface area contributed by atoms with E-state index in [4.69, 9.17) is 23.8 Å². The molecule has 0 aliphatic carbocycles. The van der Waals surface area contributed by atoms with Crippen molar-refractivity contribution in [1.29, 1.82) is 0 Å². The Bertz CT molecular complexity index is 462.